The van der Waals surface area contributed by atoms with Gasteiger partial charge in [-0.15, -0.1) is 0 Å². The van der Waals surface area contributed by atoms with Crippen molar-refractivity contribution in [3.63, 3.8) is 0 Å². The lowest BCUT2D eigenvalue weighted by Crippen LogP contribution is -2.04. The summed E-state index contributed by atoms with van der Waals surface area (Å²) in [5.74, 6) is 1.47. The van der Waals surface area contributed by atoms with Crippen LogP contribution in [-0.4, -0.2) is 11.5 Å². The normalized spacial score (nSPS) is 10.4. The van der Waals surface area contributed by atoms with Crippen LogP contribution in [0.2, 0.25) is 0 Å². The largest absolute Gasteiger partial charge is 0.439 e. The quantitative estimate of drug-likeness (QED) is 0.862. The van der Waals surface area contributed by atoms with E-state index in [0.717, 1.165) is 30.6 Å². The predicted molar refractivity (Wildman–Crippen MR) is 77.5 cm³/mol. The van der Waals surface area contributed by atoms with Crippen molar-refractivity contribution in [1.29, 1.82) is 0 Å². The Morgan fingerprint density at radius 1 is 1.11 bits per heavy atom. The number of nitrogens with two attached hydrogens (primary N) is 1. The van der Waals surface area contributed by atoms with Crippen LogP contribution in [0, 0.1) is 0 Å². The number of benzene rings is 1. The van der Waals surface area contributed by atoms with Gasteiger partial charge in [0.15, 0.2) is 0 Å². The van der Waals surface area contributed by atoms with E-state index in [2.05, 4.69) is 24.0 Å². The lowest BCUT2D eigenvalue weighted by atomic mass is 10.1. The molecule has 1 aromatic carbocycles. The summed E-state index contributed by atoms with van der Waals surface area (Å²) in [6.07, 6.45) is 4.77. The molecule has 2 N–H and O–H groups in total. The third kappa shape index (κ3) is 3.80. The monoisotopic (exact) mass is 256 g/mol. The number of hydrogen-bond donors (Lipinski definition) is 1. The minimum Gasteiger partial charge on any atom is -0.439 e. The second kappa shape index (κ2) is 6.90. The number of aryl methyl sites for hydroxylation is 1. The average Bonchev–Trinajstić information content (AvgIpc) is 2.44. The zero-order chi connectivity index (χ0) is 13.5. The maximum Gasteiger partial charge on any atom is 0.222 e. The minimum atomic E-state index is 0.595. The van der Waals surface area contributed by atoms with E-state index in [0.29, 0.717) is 12.4 Å². The molecule has 0 saturated carbocycles. The van der Waals surface area contributed by atoms with E-state index in [1.165, 1.54) is 5.56 Å². The van der Waals surface area contributed by atoms with Crippen molar-refractivity contribution in [3.8, 4) is 11.6 Å². The standard InChI is InChI=1S/C16H20N2O/c1-2-4-13-6-8-15(9-7-13)19-16-14(10-11-17)5-3-12-18-16/h3,5-9,12H,2,4,10-11,17H2,1H3. The summed E-state index contributed by atoms with van der Waals surface area (Å²) >= 11 is 0. The molecule has 0 saturated heterocycles. The Morgan fingerprint density at radius 2 is 1.89 bits per heavy atom. The molecule has 1 heterocycles. The van der Waals surface area contributed by atoms with Crippen LogP contribution in [-0.2, 0) is 12.8 Å². The maximum atomic E-state index is 5.83. The summed E-state index contributed by atoms with van der Waals surface area (Å²) in [5, 5.41) is 0. The molecule has 3 nitrogen and oxygen atoms in total. The van der Waals surface area contributed by atoms with Gasteiger partial charge >= 0.3 is 0 Å². The highest BCUT2D eigenvalue weighted by atomic mass is 16.5. The summed E-state index contributed by atoms with van der Waals surface area (Å²) < 4.78 is 5.83. The molecule has 0 bridgehead atoms. The first kappa shape index (κ1) is 13.6. The average molecular weight is 256 g/mol. The van der Waals surface area contributed by atoms with Crippen LogP contribution in [0.25, 0.3) is 0 Å². The molecule has 100 valence electrons. The first-order chi connectivity index (χ1) is 9.33. The highest BCUT2D eigenvalue weighted by Crippen LogP contribution is 2.23. The zero-order valence-corrected chi connectivity index (χ0v) is 11.3. The van der Waals surface area contributed by atoms with Crippen molar-refractivity contribution < 1.29 is 4.74 Å². The molecule has 0 radical (unpaired) electrons. The van der Waals surface area contributed by atoms with E-state index < -0.39 is 0 Å². The van der Waals surface area contributed by atoms with E-state index in [1.54, 1.807) is 6.20 Å². The van der Waals surface area contributed by atoms with E-state index in [4.69, 9.17) is 10.5 Å². The molecule has 0 amide bonds. The van der Waals surface area contributed by atoms with Crippen LogP contribution in [0.1, 0.15) is 24.5 Å². The smallest absolute Gasteiger partial charge is 0.222 e. The number of aromatic nitrogens is 1. The van der Waals surface area contributed by atoms with Crippen molar-refractivity contribution in [2.45, 2.75) is 26.2 Å². The van der Waals surface area contributed by atoms with Crippen molar-refractivity contribution in [2.24, 2.45) is 5.73 Å². The van der Waals surface area contributed by atoms with E-state index in [9.17, 15) is 0 Å². The van der Waals surface area contributed by atoms with Gasteiger partial charge in [-0.1, -0.05) is 31.5 Å². The molecule has 0 unspecified atom stereocenters. The SMILES string of the molecule is CCCc1ccc(Oc2ncccc2CCN)cc1. The molecular formula is C16H20N2O. The molecule has 2 aromatic rings. The van der Waals surface area contributed by atoms with Gasteiger partial charge in [-0.2, -0.15) is 0 Å². The molecule has 1 aromatic heterocycles. The van der Waals surface area contributed by atoms with Gasteiger partial charge in [0, 0.05) is 11.8 Å². The van der Waals surface area contributed by atoms with Gasteiger partial charge in [0.2, 0.25) is 5.88 Å². The van der Waals surface area contributed by atoms with E-state index in [-0.39, 0.29) is 0 Å². The second-order valence-corrected chi connectivity index (χ2v) is 4.50. The summed E-state index contributed by atoms with van der Waals surface area (Å²) in [4.78, 5) is 4.27. The van der Waals surface area contributed by atoms with Gasteiger partial charge in [-0.05, 0) is 43.1 Å². The van der Waals surface area contributed by atoms with Crippen molar-refractivity contribution in [1.82, 2.24) is 4.98 Å². The van der Waals surface area contributed by atoms with E-state index >= 15 is 0 Å². The summed E-state index contributed by atoms with van der Waals surface area (Å²) in [5.41, 5.74) is 7.97. The summed E-state index contributed by atoms with van der Waals surface area (Å²) in [6.45, 7) is 2.77. The Hall–Kier alpha value is -1.87. The predicted octanol–water partition coefficient (Wildman–Crippen LogP) is 3.33. The number of ether oxygens (including phenoxy) is 1. The van der Waals surface area contributed by atoms with Crippen LogP contribution < -0.4 is 10.5 Å². The molecule has 0 atom stereocenters. The number of pyridine rings is 1. The molecule has 19 heavy (non-hydrogen) atoms. The third-order valence-corrected chi connectivity index (χ3v) is 2.94. The lowest BCUT2D eigenvalue weighted by Gasteiger charge is -2.09. The number of hydrogen-bond acceptors (Lipinski definition) is 3. The van der Waals surface area contributed by atoms with Crippen LogP contribution in [0.15, 0.2) is 42.6 Å². The minimum absolute atomic E-state index is 0.595. The van der Waals surface area contributed by atoms with Gasteiger partial charge < -0.3 is 10.5 Å². The van der Waals surface area contributed by atoms with Crippen LogP contribution in [0.5, 0.6) is 11.6 Å². The van der Waals surface area contributed by atoms with Crippen LogP contribution in [0.4, 0.5) is 0 Å². The van der Waals surface area contributed by atoms with Crippen LogP contribution in [0.3, 0.4) is 0 Å². The first-order valence-electron chi connectivity index (χ1n) is 6.74. The highest BCUT2D eigenvalue weighted by Gasteiger charge is 2.05. The Balaban J connectivity index is 2.12. The van der Waals surface area contributed by atoms with Crippen molar-refractivity contribution in [2.75, 3.05) is 6.54 Å². The van der Waals surface area contributed by atoms with Gasteiger partial charge in [0.1, 0.15) is 5.75 Å². The van der Waals surface area contributed by atoms with Gasteiger partial charge in [0.05, 0.1) is 0 Å². The number of rotatable bonds is 6. The molecule has 0 fully saturated rings. The lowest BCUT2D eigenvalue weighted by molar-refractivity contribution is 0.456. The second-order valence-electron chi connectivity index (χ2n) is 4.50. The fraction of sp³-hybridized carbons (Fsp3) is 0.312. The summed E-state index contributed by atoms with van der Waals surface area (Å²) in [7, 11) is 0. The van der Waals surface area contributed by atoms with Crippen molar-refractivity contribution in [3.05, 3.63) is 53.7 Å². The maximum absolute atomic E-state index is 5.83. The van der Waals surface area contributed by atoms with Gasteiger partial charge in [0.25, 0.3) is 0 Å². The Bertz CT molecular complexity index is 508. The molecule has 3 heteroatoms. The molecule has 0 aliphatic heterocycles. The highest BCUT2D eigenvalue weighted by molar-refractivity contribution is 5.34. The topological polar surface area (TPSA) is 48.1 Å². The van der Waals surface area contributed by atoms with E-state index in [1.807, 2.05) is 24.3 Å². The molecular weight excluding hydrogens is 236 g/mol. The molecule has 2 rings (SSSR count). The van der Waals surface area contributed by atoms with Crippen molar-refractivity contribution >= 4 is 0 Å². The van der Waals surface area contributed by atoms with Crippen LogP contribution >= 0.6 is 0 Å². The van der Waals surface area contributed by atoms with Gasteiger partial charge in [-0.3, -0.25) is 0 Å². The summed E-state index contributed by atoms with van der Waals surface area (Å²) in [6, 6.07) is 12.1. The Labute approximate surface area is 114 Å². The Kier molecular flexibility index (Phi) is 4.93. The fourth-order valence-electron chi connectivity index (χ4n) is 1.99. The Morgan fingerprint density at radius 3 is 2.58 bits per heavy atom. The molecule has 0 aliphatic rings. The zero-order valence-electron chi connectivity index (χ0n) is 11.3. The van der Waals surface area contributed by atoms with Gasteiger partial charge in [-0.25, -0.2) is 4.98 Å². The first-order valence-corrected chi connectivity index (χ1v) is 6.74. The molecule has 0 spiro atoms. The molecule has 0 aliphatic carbocycles. The fourth-order valence-corrected chi connectivity index (χ4v) is 1.99. The third-order valence-electron chi connectivity index (χ3n) is 2.94. The number of nitrogens with zero attached hydrogens (tertiary/aromatic N) is 1.